The van der Waals surface area contributed by atoms with E-state index in [0.717, 1.165) is 56.6 Å². The van der Waals surface area contributed by atoms with Gasteiger partial charge in [0.25, 0.3) is 5.60 Å². The van der Waals surface area contributed by atoms with Crippen LogP contribution >= 0.6 is 0 Å². The molecule has 1 aliphatic heterocycles. The molecule has 0 spiro atoms. The van der Waals surface area contributed by atoms with Crippen LogP contribution in [0.15, 0.2) is 76.4 Å². The summed E-state index contributed by atoms with van der Waals surface area (Å²) >= 11 is 0. The lowest BCUT2D eigenvalue weighted by Crippen LogP contribution is -2.52. The topological polar surface area (TPSA) is 78.9 Å². The Hall–Kier alpha value is -3.46. The quantitative estimate of drug-likeness (QED) is 0.165. The fourth-order valence-electron chi connectivity index (χ4n) is 5.82. The van der Waals surface area contributed by atoms with Crippen molar-refractivity contribution in [2.75, 3.05) is 13.7 Å². The summed E-state index contributed by atoms with van der Waals surface area (Å²) in [7, 11) is 0.811. The Morgan fingerprint density at radius 2 is 1.70 bits per heavy atom. The maximum atomic E-state index is 14.4. The van der Waals surface area contributed by atoms with E-state index in [1.165, 1.54) is 34.9 Å². The summed E-state index contributed by atoms with van der Waals surface area (Å²) in [4.78, 5) is 37.5. The number of esters is 2. The van der Waals surface area contributed by atoms with Crippen LogP contribution in [0.4, 0.5) is 13.2 Å². The lowest BCUT2D eigenvalue weighted by Gasteiger charge is -2.33. The Balaban J connectivity index is 1.69. The number of allylic oxidation sites excluding steroid dienone is 5. The average molecular weight is 617 g/mol. The van der Waals surface area contributed by atoms with Crippen LogP contribution in [0.25, 0.3) is 0 Å². The number of ether oxygens (including phenoxy) is 3. The monoisotopic (exact) mass is 616 g/mol. The van der Waals surface area contributed by atoms with Crippen LogP contribution in [0, 0.1) is 5.41 Å². The largest absolute Gasteiger partial charge is 0.458 e. The highest BCUT2D eigenvalue weighted by Gasteiger charge is 2.64. The predicted octanol–water partition coefficient (Wildman–Crippen LogP) is 8.03. The van der Waals surface area contributed by atoms with Gasteiger partial charge in [0, 0.05) is 42.6 Å². The van der Waals surface area contributed by atoms with Crippen LogP contribution in [-0.4, -0.2) is 43.7 Å². The number of carbonyl (C=O) groups is 3. The Bertz CT molecular complexity index is 1350. The highest BCUT2D eigenvalue weighted by Crippen LogP contribution is 2.44. The molecular weight excluding hydrogens is 573 g/mol. The van der Waals surface area contributed by atoms with Gasteiger partial charge in [-0.25, -0.2) is 9.59 Å². The van der Waals surface area contributed by atoms with Crippen LogP contribution in [0.1, 0.15) is 85.1 Å². The van der Waals surface area contributed by atoms with E-state index in [4.69, 9.17) is 14.2 Å². The van der Waals surface area contributed by atoms with Crippen LogP contribution in [-0.2, 0) is 34.2 Å². The van der Waals surface area contributed by atoms with E-state index in [9.17, 15) is 27.6 Å². The molecule has 9 heteroatoms. The van der Waals surface area contributed by atoms with Crippen LogP contribution in [0.5, 0.6) is 0 Å². The van der Waals surface area contributed by atoms with Gasteiger partial charge in [-0.15, -0.1) is 0 Å². The number of Topliss-reactive ketones (excluding diaryl/α,β-unsaturated/α-hetero) is 1. The summed E-state index contributed by atoms with van der Waals surface area (Å²) < 4.78 is 58.5. The van der Waals surface area contributed by atoms with Gasteiger partial charge < -0.3 is 14.2 Å². The van der Waals surface area contributed by atoms with Crippen molar-refractivity contribution in [3.05, 3.63) is 82.0 Å². The number of hydrogen-bond donors (Lipinski definition) is 0. The SMILES string of the molecule is CO[C@](C(=O)O[C@H](C/C=C(\C)CC/C=C(\C)CCC1=C(C)CCC(=O)C1(C)C)C1=CC(=O)OC1)(c1ccccc1)C(F)(F)F. The van der Waals surface area contributed by atoms with Crippen molar-refractivity contribution < 1.29 is 41.8 Å². The summed E-state index contributed by atoms with van der Waals surface area (Å²) in [6.45, 7) is 9.92. The van der Waals surface area contributed by atoms with Crippen molar-refractivity contribution in [2.45, 2.75) is 97.4 Å². The molecule has 2 aliphatic rings. The second-order valence-electron chi connectivity index (χ2n) is 12.2. The summed E-state index contributed by atoms with van der Waals surface area (Å²) in [5.74, 6) is -1.98. The van der Waals surface area contributed by atoms with E-state index in [1.54, 1.807) is 6.08 Å². The molecule has 1 aromatic rings. The van der Waals surface area contributed by atoms with Crippen molar-refractivity contribution in [3.63, 3.8) is 0 Å². The third-order valence-electron chi connectivity index (χ3n) is 8.70. The predicted molar refractivity (Wildman–Crippen MR) is 161 cm³/mol. The molecule has 0 saturated heterocycles. The van der Waals surface area contributed by atoms with Crippen molar-refractivity contribution >= 4 is 17.7 Å². The number of rotatable bonds is 13. The standard InChI is InChI=1S/C35H43F3O6/c1-23(15-18-28-25(3)17-20-30(39)33(28,4)5)11-10-12-24(2)16-19-29(26-21-31(40)43-22-26)44-32(41)34(42-6,35(36,37)38)27-13-8-7-9-14-27/h7-9,11,13-14,16,21,29H,10,12,15,17-20,22H2,1-6H3/b23-11+,24-16+/t29-,34+/m1/s1. The second-order valence-corrected chi connectivity index (χ2v) is 12.2. The van der Waals surface area contributed by atoms with E-state index in [1.807, 2.05) is 20.8 Å². The zero-order valence-electron chi connectivity index (χ0n) is 26.4. The Morgan fingerprint density at radius 1 is 1.05 bits per heavy atom. The summed E-state index contributed by atoms with van der Waals surface area (Å²) in [5.41, 5.74) is 0.815. The van der Waals surface area contributed by atoms with Gasteiger partial charge in [-0.3, -0.25) is 4.79 Å². The van der Waals surface area contributed by atoms with Crippen molar-refractivity contribution in [3.8, 4) is 0 Å². The molecule has 1 aromatic carbocycles. The first kappa shape index (κ1) is 35.0. The molecular formula is C35H43F3O6. The van der Waals surface area contributed by atoms with E-state index >= 15 is 0 Å². The third kappa shape index (κ3) is 7.97. The zero-order valence-corrected chi connectivity index (χ0v) is 26.4. The van der Waals surface area contributed by atoms with E-state index in [-0.39, 0.29) is 18.6 Å². The molecule has 240 valence electrons. The molecule has 0 saturated carbocycles. The summed E-state index contributed by atoms with van der Waals surface area (Å²) in [6, 6.07) is 6.60. The molecule has 0 bridgehead atoms. The van der Waals surface area contributed by atoms with Gasteiger partial charge in [0.2, 0.25) is 0 Å². The van der Waals surface area contributed by atoms with Gasteiger partial charge in [0.15, 0.2) is 0 Å². The summed E-state index contributed by atoms with van der Waals surface area (Å²) in [5, 5.41) is 0. The molecule has 2 atom stereocenters. The van der Waals surface area contributed by atoms with Gasteiger partial charge >= 0.3 is 18.1 Å². The van der Waals surface area contributed by atoms with Crippen LogP contribution < -0.4 is 0 Å². The Labute approximate surface area is 258 Å². The number of benzene rings is 1. The highest BCUT2D eigenvalue weighted by atomic mass is 19.4. The third-order valence-corrected chi connectivity index (χ3v) is 8.70. The Morgan fingerprint density at radius 3 is 2.30 bits per heavy atom. The molecule has 0 aromatic heterocycles. The number of ketones is 1. The normalized spacial score (nSPS) is 19.8. The number of alkyl halides is 3. The molecule has 1 heterocycles. The van der Waals surface area contributed by atoms with Gasteiger partial charge in [-0.05, 0) is 66.7 Å². The van der Waals surface area contributed by atoms with E-state index in [0.29, 0.717) is 18.6 Å². The van der Waals surface area contributed by atoms with Gasteiger partial charge in [0.1, 0.15) is 18.5 Å². The first-order valence-electron chi connectivity index (χ1n) is 14.9. The molecule has 44 heavy (non-hydrogen) atoms. The molecule has 0 fully saturated rings. The van der Waals surface area contributed by atoms with Gasteiger partial charge in [-0.1, -0.05) is 64.8 Å². The van der Waals surface area contributed by atoms with Gasteiger partial charge in [0.05, 0.1) is 0 Å². The number of hydrogen-bond acceptors (Lipinski definition) is 6. The minimum Gasteiger partial charge on any atom is -0.458 e. The molecule has 1 aliphatic carbocycles. The average Bonchev–Trinajstić information content (AvgIpc) is 3.39. The van der Waals surface area contributed by atoms with Gasteiger partial charge in [-0.2, -0.15) is 13.2 Å². The van der Waals surface area contributed by atoms with Crippen LogP contribution in [0.2, 0.25) is 0 Å². The van der Waals surface area contributed by atoms with E-state index in [2.05, 4.69) is 19.9 Å². The molecule has 0 radical (unpaired) electrons. The number of carbonyl (C=O) groups excluding carboxylic acids is 3. The minimum atomic E-state index is -5.12. The van der Waals surface area contributed by atoms with Crippen molar-refractivity contribution in [2.24, 2.45) is 5.41 Å². The van der Waals surface area contributed by atoms with Crippen molar-refractivity contribution in [1.82, 2.24) is 0 Å². The lowest BCUT2D eigenvalue weighted by atomic mass is 9.70. The number of methoxy groups -OCH3 is 1. The smallest absolute Gasteiger partial charge is 0.432 e. The number of cyclic esters (lactones) is 1. The molecule has 0 amide bonds. The molecule has 0 unspecified atom stereocenters. The maximum absolute atomic E-state index is 14.4. The fourth-order valence-corrected chi connectivity index (χ4v) is 5.82. The molecule has 6 nitrogen and oxygen atoms in total. The molecule has 3 rings (SSSR count). The zero-order chi connectivity index (χ0) is 32.7. The first-order chi connectivity index (χ1) is 20.6. The maximum Gasteiger partial charge on any atom is 0.432 e. The summed E-state index contributed by atoms with van der Waals surface area (Å²) in [6.07, 6.45) is 3.47. The lowest BCUT2D eigenvalue weighted by molar-refractivity contribution is -0.277. The second kappa shape index (κ2) is 14.5. The minimum absolute atomic E-state index is 0.0612. The van der Waals surface area contributed by atoms with Crippen molar-refractivity contribution in [1.29, 1.82) is 0 Å². The molecule has 0 N–H and O–H groups in total. The number of halogens is 3. The highest BCUT2D eigenvalue weighted by molar-refractivity contribution is 5.89. The first-order valence-corrected chi connectivity index (χ1v) is 14.9. The Kier molecular flexibility index (Phi) is 11.6. The fraction of sp³-hybridized carbons (Fsp3) is 0.514. The van der Waals surface area contributed by atoms with Crippen LogP contribution in [0.3, 0.4) is 0 Å². The van der Waals surface area contributed by atoms with E-state index < -0.39 is 40.8 Å².